The minimum absolute atomic E-state index is 0.449. The molecule has 0 amide bonds. The Morgan fingerprint density at radius 3 is 2.48 bits per heavy atom. The smallest absolute Gasteiger partial charge is 0.291 e. The maximum absolute atomic E-state index is 9.80. The minimum atomic E-state index is -2.73. The molecule has 4 nitrogen and oxygen atoms in total. The van der Waals surface area contributed by atoms with Crippen molar-refractivity contribution in [1.82, 2.24) is 4.67 Å². The maximum atomic E-state index is 9.80. The van der Waals surface area contributed by atoms with Gasteiger partial charge in [0.1, 0.15) is 0 Å². The van der Waals surface area contributed by atoms with E-state index in [1.54, 1.807) is 4.67 Å². The van der Waals surface area contributed by atoms with Gasteiger partial charge in [-0.1, -0.05) is 24.3 Å². The molecule has 1 aliphatic heterocycles. The lowest BCUT2D eigenvalue weighted by molar-refractivity contribution is 0.201. The lowest BCUT2D eigenvalue weighted by atomic mass is 9.87. The zero-order chi connectivity index (χ0) is 15.5. The van der Waals surface area contributed by atoms with Crippen molar-refractivity contribution in [2.75, 3.05) is 13.2 Å². The third kappa shape index (κ3) is 2.77. The van der Waals surface area contributed by atoms with E-state index < -0.39 is 12.2 Å². The monoisotopic (exact) mass is 322 g/mol. The first kappa shape index (κ1) is 16.2. The second-order valence-corrected chi connectivity index (χ2v) is 8.00. The molecule has 112 valence electrons. The van der Waals surface area contributed by atoms with Crippen LogP contribution in [0.25, 0.3) is 6.08 Å². The highest BCUT2D eigenvalue weighted by molar-refractivity contribution is 8.08. The van der Waals surface area contributed by atoms with E-state index in [2.05, 4.69) is 6.07 Å². The van der Waals surface area contributed by atoms with E-state index in [0.717, 1.165) is 11.1 Å². The van der Waals surface area contributed by atoms with Crippen LogP contribution in [0.5, 0.6) is 0 Å². The summed E-state index contributed by atoms with van der Waals surface area (Å²) in [6.45, 7) is 3.78. The molecule has 2 rings (SSSR count). The molecule has 0 saturated heterocycles. The number of hydrogen-bond acceptors (Lipinski definition) is 4. The van der Waals surface area contributed by atoms with Crippen LogP contribution in [-0.4, -0.2) is 17.9 Å². The van der Waals surface area contributed by atoms with Crippen LogP contribution in [0.15, 0.2) is 30.5 Å². The number of nitriles is 1. The molecule has 1 atom stereocenters. The first-order valence-corrected chi connectivity index (χ1v) is 9.48. The predicted octanol–water partition coefficient (Wildman–Crippen LogP) is 4.01. The van der Waals surface area contributed by atoms with Gasteiger partial charge in [0.2, 0.25) is 0 Å². The average molecular weight is 322 g/mol. The van der Waals surface area contributed by atoms with Gasteiger partial charge in [0.15, 0.2) is 5.54 Å². The van der Waals surface area contributed by atoms with Gasteiger partial charge in [0.05, 0.1) is 19.3 Å². The number of rotatable bonds is 5. The fourth-order valence-corrected chi connectivity index (χ4v) is 5.57. The molecule has 0 aromatic heterocycles. The van der Waals surface area contributed by atoms with Crippen LogP contribution in [-0.2, 0) is 26.4 Å². The summed E-state index contributed by atoms with van der Waals surface area (Å²) in [4.78, 5) is 0. The molecule has 0 aliphatic carbocycles. The highest BCUT2D eigenvalue weighted by Crippen LogP contribution is 2.59. The first-order chi connectivity index (χ1) is 10.0. The van der Waals surface area contributed by atoms with E-state index in [0.29, 0.717) is 13.2 Å². The molecule has 0 spiro atoms. The van der Waals surface area contributed by atoms with Crippen molar-refractivity contribution >= 4 is 24.5 Å². The summed E-state index contributed by atoms with van der Waals surface area (Å²) in [6, 6.07) is 10.2. The van der Waals surface area contributed by atoms with Crippen molar-refractivity contribution in [3.63, 3.8) is 0 Å². The van der Waals surface area contributed by atoms with Crippen molar-refractivity contribution in [2.45, 2.75) is 26.3 Å². The van der Waals surface area contributed by atoms with Crippen LogP contribution in [0.4, 0.5) is 0 Å². The molecule has 6 heteroatoms. The van der Waals surface area contributed by atoms with Gasteiger partial charge in [-0.05, 0) is 49.8 Å². The molecule has 0 saturated carbocycles. The van der Waals surface area contributed by atoms with Gasteiger partial charge in [0.25, 0.3) is 6.64 Å². The highest BCUT2D eigenvalue weighted by atomic mass is 32.5. The molecule has 1 heterocycles. The predicted molar refractivity (Wildman–Crippen MR) is 87.8 cm³/mol. The Hall–Kier alpha value is -1.18. The third-order valence-corrected chi connectivity index (χ3v) is 6.80. The molecule has 0 radical (unpaired) electrons. The third-order valence-electron chi connectivity index (χ3n) is 3.40. The largest absolute Gasteiger partial charge is 0.314 e. The Labute approximate surface area is 131 Å². The van der Waals surface area contributed by atoms with E-state index in [1.165, 1.54) is 0 Å². The second-order valence-electron chi connectivity index (χ2n) is 4.74. The Bertz CT molecular complexity index is 631. The Morgan fingerprint density at radius 2 is 1.90 bits per heavy atom. The van der Waals surface area contributed by atoms with E-state index in [-0.39, 0.29) is 0 Å². The molecule has 1 aliphatic rings. The summed E-state index contributed by atoms with van der Waals surface area (Å²) in [5.74, 6) is 0. The molecular formula is C15H19N2O2PS. The van der Waals surface area contributed by atoms with Crippen molar-refractivity contribution in [3.8, 4) is 6.07 Å². The molecule has 1 aromatic rings. The molecule has 21 heavy (non-hydrogen) atoms. The number of nitrogens with zero attached hydrogens (tertiary/aromatic N) is 2. The van der Waals surface area contributed by atoms with Crippen LogP contribution in [0.3, 0.4) is 0 Å². The van der Waals surface area contributed by atoms with Crippen molar-refractivity contribution in [1.29, 1.82) is 5.26 Å². The van der Waals surface area contributed by atoms with Crippen LogP contribution < -0.4 is 0 Å². The summed E-state index contributed by atoms with van der Waals surface area (Å²) < 4.78 is 13.3. The van der Waals surface area contributed by atoms with Crippen LogP contribution in [0.2, 0.25) is 0 Å². The zero-order valence-electron chi connectivity index (χ0n) is 12.4. The van der Waals surface area contributed by atoms with E-state index >= 15 is 0 Å². The number of fused-ring (bicyclic) bond motifs is 1. The van der Waals surface area contributed by atoms with Crippen LogP contribution in [0.1, 0.15) is 31.9 Å². The summed E-state index contributed by atoms with van der Waals surface area (Å²) in [5.41, 5.74) is 1.04. The Balaban J connectivity index is 2.56. The van der Waals surface area contributed by atoms with Gasteiger partial charge in [0, 0.05) is 6.20 Å². The molecule has 0 bridgehead atoms. The quantitative estimate of drug-likeness (QED) is 0.767. The highest BCUT2D eigenvalue weighted by Gasteiger charge is 2.44. The van der Waals surface area contributed by atoms with E-state index in [9.17, 15) is 5.26 Å². The maximum Gasteiger partial charge on any atom is 0.291 e. The van der Waals surface area contributed by atoms with Crippen LogP contribution >= 0.6 is 6.64 Å². The van der Waals surface area contributed by atoms with Gasteiger partial charge in [-0.3, -0.25) is 4.67 Å². The van der Waals surface area contributed by atoms with Gasteiger partial charge in [-0.15, -0.1) is 0 Å². The SMILES string of the molecule is CCOP(=S)(OCC)N1C=Cc2ccccc2C1(C)C#N. The molecule has 1 aromatic carbocycles. The average Bonchev–Trinajstić information content (AvgIpc) is 2.48. The lowest BCUT2D eigenvalue weighted by Crippen LogP contribution is -2.40. The standard InChI is InChI=1S/C15H19N2O2PS/c1-4-18-20(21,19-5-2)17-11-10-13-8-6-7-9-14(13)15(17,3)12-16/h6-11H,4-5H2,1-3H3. The van der Waals surface area contributed by atoms with Gasteiger partial charge >= 0.3 is 0 Å². The Kier molecular flexibility index (Phi) is 4.85. The lowest BCUT2D eigenvalue weighted by Gasteiger charge is -2.44. The Morgan fingerprint density at radius 1 is 1.29 bits per heavy atom. The van der Waals surface area contributed by atoms with Gasteiger partial charge in [-0.25, -0.2) is 0 Å². The van der Waals surface area contributed by atoms with Crippen molar-refractivity contribution in [3.05, 3.63) is 41.6 Å². The summed E-state index contributed by atoms with van der Waals surface area (Å²) >= 11 is 5.65. The molecular weight excluding hydrogens is 303 g/mol. The molecule has 1 unspecified atom stereocenters. The number of benzene rings is 1. The number of hydrogen-bond donors (Lipinski definition) is 0. The van der Waals surface area contributed by atoms with E-state index in [4.69, 9.17) is 20.9 Å². The molecule has 0 N–H and O–H groups in total. The topological polar surface area (TPSA) is 45.5 Å². The second kappa shape index (κ2) is 6.29. The van der Waals surface area contributed by atoms with Gasteiger partial charge in [-0.2, -0.15) is 5.26 Å². The fraction of sp³-hybridized carbons (Fsp3) is 0.400. The summed E-state index contributed by atoms with van der Waals surface area (Å²) in [6.07, 6.45) is 3.78. The summed E-state index contributed by atoms with van der Waals surface area (Å²) in [5, 5.41) is 9.80. The van der Waals surface area contributed by atoms with E-state index in [1.807, 2.05) is 57.3 Å². The van der Waals surface area contributed by atoms with Crippen LogP contribution in [0, 0.1) is 11.3 Å². The normalized spacial score (nSPS) is 21.0. The zero-order valence-corrected chi connectivity index (χ0v) is 14.2. The minimum Gasteiger partial charge on any atom is -0.314 e. The van der Waals surface area contributed by atoms with Crippen molar-refractivity contribution < 1.29 is 9.05 Å². The van der Waals surface area contributed by atoms with Gasteiger partial charge < -0.3 is 9.05 Å². The first-order valence-electron chi connectivity index (χ1n) is 6.89. The van der Waals surface area contributed by atoms with Crippen molar-refractivity contribution in [2.24, 2.45) is 0 Å². The fourth-order valence-electron chi connectivity index (χ4n) is 2.44. The summed E-state index contributed by atoms with van der Waals surface area (Å²) in [7, 11) is 0. The molecule has 0 fully saturated rings.